The van der Waals surface area contributed by atoms with Gasteiger partial charge in [-0.25, -0.2) is 4.98 Å². The summed E-state index contributed by atoms with van der Waals surface area (Å²) in [4.78, 5) is 32.3. The van der Waals surface area contributed by atoms with Gasteiger partial charge in [-0.15, -0.1) is 0 Å². The Morgan fingerprint density at radius 1 is 1.39 bits per heavy atom. The smallest absolute Gasteiger partial charge is 0.250 e. The second kappa shape index (κ2) is 7.73. The van der Waals surface area contributed by atoms with E-state index in [9.17, 15) is 9.59 Å². The first-order valence-corrected chi connectivity index (χ1v) is 8.63. The molecule has 3 rings (SSSR count). The van der Waals surface area contributed by atoms with E-state index in [-0.39, 0.29) is 17.6 Å². The predicted octanol–water partition coefficient (Wildman–Crippen LogP) is 1.51. The number of rotatable bonds is 5. The third-order valence-electron chi connectivity index (χ3n) is 4.89. The van der Waals surface area contributed by atoms with Crippen molar-refractivity contribution in [3.8, 4) is 0 Å². The van der Waals surface area contributed by atoms with Crippen LogP contribution in [0.15, 0.2) is 17.2 Å². The zero-order chi connectivity index (χ0) is 16.1. The summed E-state index contributed by atoms with van der Waals surface area (Å²) in [5, 5.41) is 0. The number of nitrogens with zero attached hydrogens (tertiary/aromatic N) is 2. The van der Waals surface area contributed by atoms with E-state index in [0.717, 1.165) is 12.1 Å². The maximum atomic E-state index is 12.4. The fourth-order valence-electron chi connectivity index (χ4n) is 3.57. The van der Waals surface area contributed by atoms with Crippen LogP contribution in [0.4, 0.5) is 0 Å². The van der Waals surface area contributed by atoms with Crippen molar-refractivity contribution in [2.45, 2.75) is 51.0 Å². The molecule has 0 radical (unpaired) electrons. The summed E-state index contributed by atoms with van der Waals surface area (Å²) in [5.41, 5.74) is 0.639. The van der Waals surface area contributed by atoms with Crippen LogP contribution >= 0.6 is 0 Å². The molecule has 0 aromatic carbocycles. The Bertz CT molecular complexity index is 580. The highest BCUT2D eigenvalue weighted by Crippen LogP contribution is 2.28. The third-order valence-corrected chi connectivity index (χ3v) is 4.89. The van der Waals surface area contributed by atoms with E-state index in [1.165, 1.54) is 38.1 Å². The first-order valence-electron chi connectivity index (χ1n) is 8.63. The highest BCUT2D eigenvalue weighted by molar-refractivity contribution is 5.76. The number of carbonyl (C=O) groups excluding carboxylic acids is 1. The van der Waals surface area contributed by atoms with Gasteiger partial charge in [-0.1, -0.05) is 12.8 Å². The molecule has 2 aliphatic rings. The molecule has 0 spiro atoms. The molecule has 0 bridgehead atoms. The molecule has 23 heavy (non-hydrogen) atoms. The molecule has 1 atom stereocenters. The molecule has 1 saturated heterocycles. The molecular formula is C17H25N3O3. The lowest BCUT2D eigenvalue weighted by Crippen LogP contribution is -2.46. The van der Waals surface area contributed by atoms with Gasteiger partial charge in [0.05, 0.1) is 19.0 Å². The minimum Gasteiger partial charge on any atom is -0.375 e. The van der Waals surface area contributed by atoms with Crippen LogP contribution in [0, 0.1) is 5.92 Å². The third kappa shape index (κ3) is 4.64. The first-order chi connectivity index (χ1) is 11.2. The van der Waals surface area contributed by atoms with E-state index in [0.29, 0.717) is 38.5 Å². The number of carbonyl (C=O) groups is 1. The number of nitrogens with one attached hydrogen (secondary N) is 1. The van der Waals surface area contributed by atoms with Gasteiger partial charge < -0.3 is 14.6 Å². The van der Waals surface area contributed by atoms with Crippen LogP contribution < -0.4 is 5.56 Å². The molecule has 6 heteroatoms. The second-order valence-corrected chi connectivity index (χ2v) is 6.63. The van der Waals surface area contributed by atoms with Gasteiger partial charge >= 0.3 is 0 Å². The number of ether oxygens (including phenoxy) is 1. The van der Waals surface area contributed by atoms with Crippen LogP contribution in [0.1, 0.15) is 44.2 Å². The zero-order valence-corrected chi connectivity index (χ0v) is 13.5. The summed E-state index contributed by atoms with van der Waals surface area (Å²) >= 11 is 0. The Morgan fingerprint density at radius 2 is 2.22 bits per heavy atom. The number of hydrogen-bond acceptors (Lipinski definition) is 4. The van der Waals surface area contributed by atoms with E-state index in [2.05, 4.69) is 9.97 Å². The summed E-state index contributed by atoms with van der Waals surface area (Å²) in [5.74, 6) is 0.864. The van der Waals surface area contributed by atoms with Crippen LogP contribution in [0.2, 0.25) is 0 Å². The van der Waals surface area contributed by atoms with Gasteiger partial charge in [-0.05, 0) is 31.6 Å². The molecule has 6 nitrogen and oxygen atoms in total. The summed E-state index contributed by atoms with van der Waals surface area (Å²) in [7, 11) is 0. The predicted molar refractivity (Wildman–Crippen MR) is 86.1 cm³/mol. The van der Waals surface area contributed by atoms with Crippen molar-refractivity contribution < 1.29 is 9.53 Å². The number of H-pyrrole nitrogens is 1. The average Bonchev–Trinajstić information content (AvgIpc) is 3.06. The Kier molecular flexibility index (Phi) is 5.43. The number of aryl methyl sites for hydroxylation is 1. The Labute approximate surface area is 136 Å². The van der Waals surface area contributed by atoms with E-state index < -0.39 is 0 Å². The van der Waals surface area contributed by atoms with Gasteiger partial charge in [-0.3, -0.25) is 9.59 Å². The van der Waals surface area contributed by atoms with Crippen LogP contribution in [0.25, 0.3) is 0 Å². The van der Waals surface area contributed by atoms with Crippen molar-refractivity contribution in [2.75, 3.05) is 19.7 Å². The molecule has 1 aromatic rings. The van der Waals surface area contributed by atoms with Crippen molar-refractivity contribution in [3.63, 3.8) is 0 Å². The fraction of sp³-hybridized carbons (Fsp3) is 0.706. The summed E-state index contributed by atoms with van der Waals surface area (Å²) in [6.45, 7) is 1.96. The lowest BCUT2D eigenvalue weighted by molar-refractivity contribution is -0.139. The highest BCUT2D eigenvalue weighted by atomic mass is 16.5. The van der Waals surface area contributed by atoms with Gasteiger partial charge in [0.1, 0.15) is 0 Å². The van der Waals surface area contributed by atoms with Gasteiger partial charge in [0.25, 0.3) is 5.56 Å². The topological polar surface area (TPSA) is 75.3 Å². The van der Waals surface area contributed by atoms with E-state index in [4.69, 9.17) is 4.74 Å². The normalized spacial score (nSPS) is 22.4. The van der Waals surface area contributed by atoms with E-state index in [1.54, 1.807) is 0 Å². The van der Waals surface area contributed by atoms with Crippen LogP contribution in [-0.2, 0) is 16.0 Å². The van der Waals surface area contributed by atoms with Gasteiger partial charge in [0.2, 0.25) is 5.91 Å². The van der Waals surface area contributed by atoms with Crippen molar-refractivity contribution in [2.24, 2.45) is 5.92 Å². The fourth-order valence-corrected chi connectivity index (χ4v) is 3.57. The molecule has 1 aromatic heterocycles. The number of hydrogen-bond donors (Lipinski definition) is 1. The van der Waals surface area contributed by atoms with Crippen molar-refractivity contribution in [1.82, 2.24) is 14.9 Å². The lowest BCUT2D eigenvalue weighted by atomic mass is 10.0. The van der Waals surface area contributed by atoms with Crippen molar-refractivity contribution in [1.29, 1.82) is 0 Å². The highest BCUT2D eigenvalue weighted by Gasteiger charge is 2.27. The molecule has 2 fully saturated rings. The monoisotopic (exact) mass is 319 g/mol. The number of morpholine rings is 1. The summed E-state index contributed by atoms with van der Waals surface area (Å²) < 4.78 is 5.77. The summed E-state index contributed by atoms with van der Waals surface area (Å²) in [6.07, 6.45) is 8.58. The van der Waals surface area contributed by atoms with Gasteiger partial charge in [0.15, 0.2) is 0 Å². The second-order valence-electron chi connectivity index (χ2n) is 6.63. The number of aromatic amines is 1. The molecule has 1 aliphatic heterocycles. The largest absolute Gasteiger partial charge is 0.375 e. The first kappa shape index (κ1) is 16.2. The minimum atomic E-state index is -0.132. The average molecular weight is 319 g/mol. The Morgan fingerprint density at radius 3 is 3.00 bits per heavy atom. The van der Waals surface area contributed by atoms with Gasteiger partial charge in [0, 0.05) is 31.3 Å². The summed E-state index contributed by atoms with van der Waals surface area (Å²) in [6, 6.07) is 1.52. The Balaban J connectivity index is 1.47. The molecule has 1 amide bonds. The molecule has 2 heterocycles. The van der Waals surface area contributed by atoms with Crippen molar-refractivity contribution >= 4 is 5.91 Å². The number of aromatic nitrogens is 2. The molecule has 1 aliphatic carbocycles. The van der Waals surface area contributed by atoms with Crippen molar-refractivity contribution in [3.05, 3.63) is 28.4 Å². The molecule has 1 saturated carbocycles. The zero-order valence-electron chi connectivity index (χ0n) is 13.5. The molecular weight excluding hydrogens is 294 g/mol. The molecule has 126 valence electrons. The van der Waals surface area contributed by atoms with Crippen LogP contribution in [-0.4, -0.2) is 46.6 Å². The molecule has 0 unspecified atom stereocenters. The number of amides is 1. The quantitative estimate of drug-likeness (QED) is 0.892. The Hall–Kier alpha value is -1.69. The van der Waals surface area contributed by atoms with E-state index >= 15 is 0 Å². The molecule has 1 N–H and O–H groups in total. The minimum absolute atomic E-state index is 0.0392. The van der Waals surface area contributed by atoms with Gasteiger partial charge in [-0.2, -0.15) is 0 Å². The van der Waals surface area contributed by atoms with Crippen LogP contribution in [0.3, 0.4) is 0 Å². The SMILES string of the molecule is O=C(CC1CCCC1)N1CCO[C@@H](CCc2cc(=O)[nH]cn2)C1. The van der Waals surface area contributed by atoms with Crippen LogP contribution in [0.5, 0.6) is 0 Å². The lowest BCUT2D eigenvalue weighted by Gasteiger charge is -2.33. The standard InChI is InChI=1S/C17H25N3O3/c21-16-10-14(18-12-19-16)5-6-15-11-20(7-8-23-15)17(22)9-13-3-1-2-4-13/h10,12-13,15H,1-9,11H2,(H,18,19,21)/t15-/m0/s1. The van der Waals surface area contributed by atoms with E-state index in [1.807, 2.05) is 4.90 Å². The maximum absolute atomic E-state index is 12.4. The maximum Gasteiger partial charge on any atom is 0.250 e.